The van der Waals surface area contributed by atoms with Crippen molar-refractivity contribution in [2.75, 3.05) is 44.2 Å². The molecule has 1 heterocycles. The van der Waals surface area contributed by atoms with Crippen molar-refractivity contribution in [2.24, 2.45) is 0 Å². The smallest absolute Gasteiger partial charge is 0.416 e. The molecule has 3 rings (SSSR count). The summed E-state index contributed by atoms with van der Waals surface area (Å²) in [4.78, 5) is 20.5. The standard InChI is InChI=1S/C29H36F3N3O4S/c1-6-34(7-2)14-15-35(27-33-24(19-40-27)21-8-10-22(11-9-21)29(30,31)32)16-17-38-23-12-13-25(20(3)18-23)39-28(4,5)26(36)37/h8-13,18-19H,6-7,14-17H2,1-5H3,(H,36,37). The quantitative estimate of drug-likeness (QED) is 0.230. The number of ether oxygens (including phenoxy) is 2. The van der Waals surface area contributed by atoms with Gasteiger partial charge in [-0.3, -0.25) is 0 Å². The number of aromatic nitrogens is 1. The molecule has 0 amide bonds. The summed E-state index contributed by atoms with van der Waals surface area (Å²) in [6.45, 7) is 13.3. The predicted molar refractivity (Wildman–Crippen MR) is 152 cm³/mol. The van der Waals surface area contributed by atoms with E-state index in [9.17, 15) is 23.1 Å². The van der Waals surface area contributed by atoms with E-state index >= 15 is 0 Å². The van der Waals surface area contributed by atoms with Gasteiger partial charge in [0.15, 0.2) is 10.7 Å². The first kappa shape index (κ1) is 31.2. The molecule has 0 aliphatic heterocycles. The molecular weight excluding hydrogens is 543 g/mol. The number of carboxylic acid groups (broad SMARTS) is 1. The van der Waals surface area contributed by atoms with Gasteiger partial charge in [-0.15, -0.1) is 11.3 Å². The monoisotopic (exact) mass is 579 g/mol. The topological polar surface area (TPSA) is 75.1 Å². The van der Waals surface area contributed by atoms with Crippen LogP contribution in [0.2, 0.25) is 0 Å². The third-order valence-corrected chi connectivity index (χ3v) is 7.41. The van der Waals surface area contributed by atoms with Gasteiger partial charge in [-0.05, 0) is 69.8 Å². The molecule has 1 aromatic heterocycles. The highest BCUT2D eigenvalue weighted by Crippen LogP contribution is 2.33. The van der Waals surface area contributed by atoms with Gasteiger partial charge in [0.2, 0.25) is 0 Å². The van der Waals surface area contributed by atoms with E-state index in [0.29, 0.717) is 42.5 Å². The minimum absolute atomic E-state index is 0.369. The average Bonchev–Trinajstić information content (AvgIpc) is 3.39. The van der Waals surface area contributed by atoms with Gasteiger partial charge in [0.05, 0.1) is 17.8 Å². The number of halogens is 3. The molecule has 0 atom stereocenters. The molecule has 0 aliphatic rings. The fourth-order valence-electron chi connectivity index (χ4n) is 3.90. The van der Waals surface area contributed by atoms with Crippen LogP contribution in [0, 0.1) is 6.92 Å². The zero-order valence-corrected chi connectivity index (χ0v) is 24.2. The molecular formula is C29H36F3N3O4S. The molecule has 0 saturated heterocycles. The Balaban J connectivity index is 1.70. The molecule has 40 heavy (non-hydrogen) atoms. The maximum Gasteiger partial charge on any atom is 0.416 e. The highest BCUT2D eigenvalue weighted by molar-refractivity contribution is 7.14. The fourth-order valence-corrected chi connectivity index (χ4v) is 4.78. The maximum absolute atomic E-state index is 13.0. The maximum atomic E-state index is 13.0. The van der Waals surface area contributed by atoms with Crippen molar-refractivity contribution in [3.63, 3.8) is 0 Å². The lowest BCUT2D eigenvalue weighted by Gasteiger charge is -2.26. The number of carbonyl (C=O) groups is 1. The molecule has 218 valence electrons. The van der Waals surface area contributed by atoms with Gasteiger partial charge >= 0.3 is 12.1 Å². The summed E-state index contributed by atoms with van der Waals surface area (Å²) in [7, 11) is 0. The van der Waals surface area contributed by atoms with Crippen molar-refractivity contribution in [1.29, 1.82) is 0 Å². The molecule has 0 aliphatic carbocycles. The van der Waals surface area contributed by atoms with Crippen molar-refractivity contribution in [3.8, 4) is 22.8 Å². The van der Waals surface area contributed by atoms with Gasteiger partial charge in [0.25, 0.3) is 0 Å². The zero-order valence-electron chi connectivity index (χ0n) is 23.4. The largest absolute Gasteiger partial charge is 0.492 e. The first-order chi connectivity index (χ1) is 18.8. The fraction of sp³-hybridized carbons (Fsp3) is 0.448. The number of hydrogen-bond donors (Lipinski definition) is 1. The van der Waals surface area contributed by atoms with Crippen LogP contribution in [0.4, 0.5) is 18.3 Å². The minimum atomic E-state index is -4.38. The van der Waals surface area contributed by atoms with Gasteiger partial charge in [-0.1, -0.05) is 26.0 Å². The lowest BCUT2D eigenvalue weighted by atomic mass is 10.1. The Morgan fingerprint density at radius 2 is 1.70 bits per heavy atom. The summed E-state index contributed by atoms with van der Waals surface area (Å²) < 4.78 is 50.5. The predicted octanol–water partition coefficient (Wildman–Crippen LogP) is 6.61. The van der Waals surface area contributed by atoms with Gasteiger partial charge < -0.3 is 24.4 Å². The second kappa shape index (κ2) is 13.4. The van der Waals surface area contributed by atoms with Gasteiger partial charge in [0.1, 0.15) is 18.1 Å². The van der Waals surface area contributed by atoms with E-state index in [1.54, 1.807) is 18.2 Å². The number of aliphatic carboxylic acids is 1. The number of aryl methyl sites for hydroxylation is 1. The first-order valence-electron chi connectivity index (χ1n) is 13.1. The first-order valence-corrected chi connectivity index (χ1v) is 14.0. The van der Waals surface area contributed by atoms with Crippen LogP contribution in [0.15, 0.2) is 47.8 Å². The molecule has 7 nitrogen and oxygen atoms in total. The SMILES string of the molecule is CCN(CC)CCN(CCOc1ccc(OC(C)(C)C(=O)O)c(C)c1)c1nc(-c2ccc(C(F)(F)F)cc2)cs1. The highest BCUT2D eigenvalue weighted by atomic mass is 32.1. The lowest BCUT2D eigenvalue weighted by Crippen LogP contribution is -2.38. The van der Waals surface area contributed by atoms with Crippen molar-refractivity contribution < 1.29 is 32.5 Å². The molecule has 0 bridgehead atoms. The normalized spacial score (nSPS) is 12.0. The number of carboxylic acids is 1. The van der Waals surface area contributed by atoms with E-state index in [4.69, 9.17) is 14.5 Å². The number of alkyl halides is 3. The Labute approximate surface area is 237 Å². The van der Waals surface area contributed by atoms with Crippen LogP contribution >= 0.6 is 11.3 Å². The van der Waals surface area contributed by atoms with Crippen molar-refractivity contribution in [2.45, 2.75) is 46.4 Å². The van der Waals surface area contributed by atoms with Crippen molar-refractivity contribution in [1.82, 2.24) is 9.88 Å². The molecule has 11 heteroatoms. The average molecular weight is 580 g/mol. The summed E-state index contributed by atoms with van der Waals surface area (Å²) in [6.07, 6.45) is -4.38. The molecule has 0 spiro atoms. The number of thiazole rings is 1. The second-order valence-electron chi connectivity index (χ2n) is 9.80. The van der Waals surface area contributed by atoms with Gasteiger partial charge in [-0.2, -0.15) is 13.2 Å². The van der Waals surface area contributed by atoms with Gasteiger partial charge in [-0.25, -0.2) is 9.78 Å². The molecule has 0 fully saturated rings. The van der Waals surface area contributed by atoms with E-state index in [1.165, 1.54) is 37.3 Å². The molecule has 0 saturated carbocycles. The van der Waals surface area contributed by atoms with E-state index in [-0.39, 0.29) is 0 Å². The van der Waals surface area contributed by atoms with Crippen LogP contribution in [-0.4, -0.2) is 65.9 Å². The van der Waals surface area contributed by atoms with Crippen LogP contribution in [0.1, 0.15) is 38.8 Å². The van der Waals surface area contributed by atoms with E-state index in [2.05, 4.69) is 23.6 Å². The van der Waals surface area contributed by atoms with E-state index in [1.807, 2.05) is 12.3 Å². The minimum Gasteiger partial charge on any atom is -0.492 e. The van der Waals surface area contributed by atoms with Gasteiger partial charge in [0, 0.05) is 24.0 Å². The number of nitrogens with zero attached hydrogens (tertiary/aromatic N) is 3. The molecule has 0 unspecified atom stereocenters. The lowest BCUT2D eigenvalue weighted by molar-refractivity contribution is -0.152. The second-order valence-corrected chi connectivity index (χ2v) is 10.6. The van der Waals surface area contributed by atoms with E-state index in [0.717, 1.165) is 42.5 Å². The summed E-state index contributed by atoms with van der Waals surface area (Å²) in [6, 6.07) is 10.3. The van der Waals surface area contributed by atoms with Crippen LogP contribution in [0.3, 0.4) is 0 Å². The highest BCUT2D eigenvalue weighted by Gasteiger charge is 2.31. The third-order valence-electron chi connectivity index (χ3n) is 6.51. The Kier molecular flexibility index (Phi) is 10.4. The summed E-state index contributed by atoms with van der Waals surface area (Å²) in [5.41, 5.74) is -0.0421. The zero-order chi connectivity index (χ0) is 29.5. The summed E-state index contributed by atoms with van der Waals surface area (Å²) in [5.74, 6) is 0.0473. The number of hydrogen-bond acceptors (Lipinski definition) is 7. The number of anilines is 1. The van der Waals surface area contributed by atoms with Crippen LogP contribution in [-0.2, 0) is 11.0 Å². The Morgan fingerprint density at radius 1 is 1.02 bits per heavy atom. The van der Waals surface area contributed by atoms with Crippen LogP contribution in [0.25, 0.3) is 11.3 Å². The Bertz CT molecular complexity index is 1260. The van der Waals surface area contributed by atoms with Crippen molar-refractivity contribution in [3.05, 3.63) is 59.0 Å². The molecule has 0 radical (unpaired) electrons. The summed E-state index contributed by atoms with van der Waals surface area (Å²) in [5, 5.41) is 11.9. The number of likely N-dealkylation sites (N-methyl/N-ethyl adjacent to an activating group) is 1. The van der Waals surface area contributed by atoms with Crippen LogP contribution in [0.5, 0.6) is 11.5 Å². The van der Waals surface area contributed by atoms with Crippen LogP contribution < -0.4 is 14.4 Å². The number of rotatable bonds is 14. The summed E-state index contributed by atoms with van der Waals surface area (Å²) >= 11 is 1.44. The van der Waals surface area contributed by atoms with Crippen molar-refractivity contribution >= 4 is 22.4 Å². The molecule has 3 aromatic rings. The van der Waals surface area contributed by atoms with E-state index < -0.39 is 23.3 Å². The number of benzene rings is 2. The molecule has 2 aromatic carbocycles. The molecule has 1 N–H and O–H groups in total. The third kappa shape index (κ3) is 8.34. The Morgan fingerprint density at radius 3 is 2.27 bits per heavy atom. The Hall–Kier alpha value is -3.31.